The molecular weight excluding hydrogens is 200 g/mol. The van der Waals surface area contributed by atoms with Crippen LogP contribution in [0.5, 0.6) is 0 Å². The quantitative estimate of drug-likeness (QED) is 0.578. The fraction of sp³-hybridized carbons (Fsp3) is 0.111. The number of nitrogen functional groups attached to an aromatic ring is 2. The van der Waals surface area contributed by atoms with Gasteiger partial charge in [0.2, 0.25) is 0 Å². The van der Waals surface area contributed by atoms with Gasteiger partial charge in [-0.15, -0.1) is 0 Å². The number of rotatable bonds is 2. The Balaban J connectivity index is 3.56. The molecular formula is C9H10N2S2. The summed E-state index contributed by atoms with van der Waals surface area (Å²) in [5, 5.41) is 3.02. The van der Waals surface area contributed by atoms with Gasteiger partial charge in [0, 0.05) is 33.2 Å². The van der Waals surface area contributed by atoms with Crippen LogP contribution in [0, 0.1) is 6.92 Å². The fourth-order valence-corrected chi connectivity index (χ4v) is 1.58. The third-order valence-electron chi connectivity index (χ3n) is 1.93. The number of nitrogens with two attached hydrogens (primary N) is 2. The van der Waals surface area contributed by atoms with E-state index in [0.29, 0.717) is 16.9 Å². The van der Waals surface area contributed by atoms with E-state index in [1.54, 1.807) is 0 Å². The van der Waals surface area contributed by atoms with Crippen molar-refractivity contribution in [3.05, 3.63) is 22.8 Å². The van der Waals surface area contributed by atoms with Gasteiger partial charge in [0.25, 0.3) is 0 Å². The van der Waals surface area contributed by atoms with Gasteiger partial charge in [0.15, 0.2) is 0 Å². The van der Waals surface area contributed by atoms with E-state index >= 15 is 0 Å². The summed E-state index contributed by atoms with van der Waals surface area (Å²) in [6.45, 7) is 1.90. The molecule has 0 fully saturated rings. The molecule has 0 saturated carbocycles. The maximum Gasteiger partial charge on any atom is 0.0499 e. The third-order valence-corrected chi connectivity index (χ3v) is 2.42. The molecule has 0 aliphatic carbocycles. The molecule has 1 aromatic rings. The van der Waals surface area contributed by atoms with E-state index in [4.69, 9.17) is 35.9 Å². The molecule has 0 saturated heterocycles. The Morgan fingerprint density at radius 2 is 1.77 bits per heavy atom. The van der Waals surface area contributed by atoms with E-state index in [1.165, 1.54) is 10.7 Å². The highest BCUT2D eigenvalue weighted by atomic mass is 32.1. The van der Waals surface area contributed by atoms with Crippen molar-refractivity contribution in [1.29, 1.82) is 0 Å². The highest BCUT2D eigenvalue weighted by molar-refractivity contribution is 7.79. The zero-order valence-electron chi connectivity index (χ0n) is 7.20. The summed E-state index contributed by atoms with van der Waals surface area (Å²) in [4.78, 5) is 0. The van der Waals surface area contributed by atoms with Crippen LogP contribution in [0.25, 0.3) is 0 Å². The maximum absolute atomic E-state index is 5.80. The van der Waals surface area contributed by atoms with Crippen LogP contribution in [-0.4, -0.2) is 10.7 Å². The van der Waals surface area contributed by atoms with Crippen molar-refractivity contribution in [1.82, 2.24) is 0 Å². The summed E-state index contributed by atoms with van der Waals surface area (Å²) in [6, 6.07) is 1.86. The first-order valence-corrected chi connectivity index (χ1v) is 4.65. The molecule has 2 nitrogen and oxygen atoms in total. The second-order valence-electron chi connectivity index (χ2n) is 2.76. The van der Waals surface area contributed by atoms with Crippen molar-refractivity contribution < 1.29 is 0 Å². The van der Waals surface area contributed by atoms with Crippen LogP contribution in [0.1, 0.15) is 16.7 Å². The monoisotopic (exact) mass is 210 g/mol. The number of aryl methyl sites for hydroxylation is 1. The molecule has 0 spiro atoms. The molecule has 0 aliphatic rings. The molecule has 4 heteroatoms. The minimum absolute atomic E-state index is 0.563. The molecule has 0 bridgehead atoms. The van der Waals surface area contributed by atoms with Crippen LogP contribution >= 0.6 is 24.4 Å². The lowest BCUT2D eigenvalue weighted by atomic mass is 10.0. The Bertz CT molecular complexity index is 372. The van der Waals surface area contributed by atoms with Gasteiger partial charge in [-0.3, -0.25) is 0 Å². The van der Waals surface area contributed by atoms with Crippen molar-refractivity contribution in [2.75, 3.05) is 11.5 Å². The molecule has 1 rings (SSSR count). The zero-order chi connectivity index (χ0) is 10.0. The normalized spacial score (nSPS) is 9.62. The minimum atomic E-state index is 0.563. The van der Waals surface area contributed by atoms with E-state index in [-0.39, 0.29) is 0 Å². The summed E-state index contributed by atoms with van der Waals surface area (Å²) < 4.78 is 0. The van der Waals surface area contributed by atoms with Crippen molar-refractivity contribution in [2.45, 2.75) is 6.92 Å². The lowest BCUT2D eigenvalue weighted by Crippen LogP contribution is -2.04. The van der Waals surface area contributed by atoms with Crippen LogP contribution < -0.4 is 11.5 Å². The second kappa shape index (κ2) is 3.81. The van der Waals surface area contributed by atoms with Gasteiger partial charge in [-0.2, -0.15) is 0 Å². The molecule has 1 aromatic carbocycles. The highest BCUT2D eigenvalue weighted by Gasteiger charge is 2.07. The largest absolute Gasteiger partial charge is 0.398 e. The standard InChI is InChI=1S/C9H10N2S2/c1-5-2-6(3-12)9(11)7(4-13)8(5)10/h2-4H,10-11H2,1H3. The van der Waals surface area contributed by atoms with Gasteiger partial charge >= 0.3 is 0 Å². The number of hydrogen-bond acceptors (Lipinski definition) is 4. The van der Waals surface area contributed by atoms with Gasteiger partial charge < -0.3 is 11.5 Å². The molecule has 4 N–H and O–H groups in total. The first-order valence-electron chi connectivity index (χ1n) is 3.70. The first kappa shape index (κ1) is 10.1. The van der Waals surface area contributed by atoms with Crippen LogP contribution in [0.3, 0.4) is 0 Å². The Morgan fingerprint density at radius 1 is 1.15 bits per heavy atom. The second-order valence-corrected chi connectivity index (χ2v) is 3.23. The van der Waals surface area contributed by atoms with Crippen molar-refractivity contribution >= 4 is 46.5 Å². The van der Waals surface area contributed by atoms with E-state index in [9.17, 15) is 0 Å². The van der Waals surface area contributed by atoms with Crippen molar-refractivity contribution in [3.8, 4) is 0 Å². The maximum atomic E-state index is 5.80. The van der Waals surface area contributed by atoms with Crippen LogP contribution in [0.15, 0.2) is 6.07 Å². The Hall–Kier alpha value is -1.00. The average Bonchev–Trinajstić information content (AvgIpc) is 2.12. The predicted octanol–water partition coefficient (Wildman–Crippen LogP) is 1.86. The van der Waals surface area contributed by atoms with Gasteiger partial charge in [0.05, 0.1) is 0 Å². The molecule has 0 amide bonds. The molecule has 0 radical (unpaired) electrons. The summed E-state index contributed by atoms with van der Waals surface area (Å²) in [5.41, 5.74) is 15.2. The predicted molar refractivity (Wildman–Crippen MR) is 65.5 cm³/mol. The molecule has 0 aliphatic heterocycles. The van der Waals surface area contributed by atoms with Gasteiger partial charge in [0.1, 0.15) is 0 Å². The van der Waals surface area contributed by atoms with E-state index in [0.717, 1.165) is 11.1 Å². The van der Waals surface area contributed by atoms with E-state index in [2.05, 4.69) is 0 Å². The summed E-state index contributed by atoms with van der Waals surface area (Å²) in [6.07, 6.45) is 0. The fourth-order valence-electron chi connectivity index (χ4n) is 1.13. The molecule has 0 unspecified atom stereocenters. The zero-order valence-corrected chi connectivity index (χ0v) is 8.84. The molecule has 0 heterocycles. The molecule has 0 aromatic heterocycles. The van der Waals surface area contributed by atoms with Gasteiger partial charge in [-0.1, -0.05) is 24.4 Å². The van der Waals surface area contributed by atoms with Gasteiger partial charge in [-0.25, -0.2) is 0 Å². The van der Waals surface area contributed by atoms with E-state index in [1.807, 2.05) is 13.0 Å². The molecule has 13 heavy (non-hydrogen) atoms. The molecule has 0 atom stereocenters. The van der Waals surface area contributed by atoms with Crippen molar-refractivity contribution in [2.24, 2.45) is 0 Å². The lowest BCUT2D eigenvalue weighted by molar-refractivity contribution is 1.46. The van der Waals surface area contributed by atoms with Crippen LogP contribution in [0.2, 0.25) is 0 Å². The van der Waals surface area contributed by atoms with Crippen molar-refractivity contribution in [3.63, 3.8) is 0 Å². The average molecular weight is 210 g/mol. The smallest absolute Gasteiger partial charge is 0.0499 e. The number of thiocarbonyl (C=S) groups is 2. The van der Waals surface area contributed by atoms with Gasteiger partial charge in [-0.05, 0) is 18.6 Å². The van der Waals surface area contributed by atoms with E-state index < -0.39 is 0 Å². The number of anilines is 2. The Labute approximate surface area is 87.9 Å². The summed E-state index contributed by atoms with van der Waals surface area (Å²) in [7, 11) is 0. The Morgan fingerprint density at radius 3 is 2.23 bits per heavy atom. The third kappa shape index (κ3) is 1.68. The number of benzene rings is 1. The van der Waals surface area contributed by atoms with Crippen LogP contribution in [-0.2, 0) is 0 Å². The highest BCUT2D eigenvalue weighted by Crippen LogP contribution is 2.25. The lowest BCUT2D eigenvalue weighted by Gasteiger charge is -2.10. The number of hydrogen-bond donors (Lipinski definition) is 2. The summed E-state index contributed by atoms with van der Waals surface area (Å²) >= 11 is 9.65. The Kier molecular flexibility index (Phi) is 2.95. The van der Waals surface area contributed by atoms with Crippen LogP contribution in [0.4, 0.5) is 11.4 Å². The SMILES string of the molecule is Cc1cc(C=S)c(N)c(C=S)c1N. The minimum Gasteiger partial charge on any atom is -0.398 e. The topological polar surface area (TPSA) is 52.0 Å². The summed E-state index contributed by atoms with van der Waals surface area (Å²) in [5.74, 6) is 0. The first-order chi connectivity index (χ1) is 6.11. The molecule has 68 valence electrons.